The molecule has 0 fully saturated rings. The monoisotopic (exact) mass is 206 g/mol. The van der Waals surface area contributed by atoms with Crippen LogP contribution in [0.1, 0.15) is 11.1 Å². The van der Waals surface area contributed by atoms with E-state index in [1.54, 1.807) is 13.2 Å². The zero-order chi connectivity index (χ0) is 11.4. The molecule has 0 aliphatic heterocycles. The predicted octanol–water partition coefficient (Wildman–Crippen LogP) is 1.89. The van der Waals surface area contributed by atoms with Crippen molar-refractivity contribution in [2.75, 3.05) is 21.3 Å². The van der Waals surface area contributed by atoms with Crippen molar-refractivity contribution in [2.45, 2.75) is 6.92 Å². The molecule has 0 N–H and O–H groups in total. The minimum atomic E-state index is 0.349. The molecule has 0 unspecified atom stereocenters. The summed E-state index contributed by atoms with van der Waals surface area (Å²) in [6, 6.07) is 3.79. The smallest absolute Gasteiger partial charge is 0.182 e. The van der Waals surface area contributed by atoms with Crippen LogP contribution in [-0.2, 0) is 0 Å². The lowest BCUT2D eigenvalue weighted by Crippen LogP contribution is -1.99. The Morgan fingerprint density at radius 1 is 1.07 bits per heavy atom. The third-order valence-corrected chi connectivity index (χ3v) is 2.13. The fourth-order valence-electron chi connectivity index (χ4n) is 1.45. The summed E-state index contributed by atoms with van der Waals surface area (Å²) in [5.41, 5.74) is 1.22. The van der Waals surface area contributed by atoms with E-state index in [0.29, 0.717) is 22.8 Å². The van der Waals surface area contributed by atoms with E-state index < -0.39 is 0 Å². The van der Waals surface area contributed by atoms with Gasteiger partial charge in [0.1, 0.15) is 17.4 Å². The van der Waals surface area contributed by atoms with E-state index in [-0.39, 0.29) is 0 Å². The lowest BCUT2D eigenvalue weighted by Gasteiger charge is -2.14. The van der Waals surface area contributed by atoms with E-state index >= 15 is 0 Å². The van der Waals surface area contributed by atoms with Gasteiger partial charge in [0.05, 0.1) is 21.3 Å². The van der Waals surface area contributed by atoms with Gasteiger partial charge < -0.3 is 14.2 Å². The largest absolute Gasteiger partial charge is 0.495 e. The van der Waals surface area contributed by atoms with Crippen molar-refractivity contribution in [3.8, 4) is 23.3 Å². The maximum atomic E-state index is 9.01. The number of rotatable bonds is 3. The average molecular weight is 206 g/mol. The molecule has 4 nitrogen and oxygen atoms in total. The van der Waals surface area contributed by atoms with Gasteiger partial charge >= 0.3 is 0 Å². The predicted molar refractivity (Wildman–Crippen MR) is 55.6 cm³/mol. The third-order valence-electron chi connectivity index (χ3n) is 2.13. The summed E-state index contributed by atoms with van der Waals surface area (Å²) in [5.74, 6) is 1.47. The number of methoxy groups -OCH3 is 3. The molecular weight excluding hydrogens is 193 g/mol. The Morgan fingerprint density at radius 2 is 1.67 bits per heavy atom. The lowest BCUT2D eigenvalue weighted by atomic mass is 9.95. The number of benzene rings is 1. The molecular formula is C11H13NO3. The zero-order valence-corrected chi connectivity index (χ0v) is 9.25. The number of nitrogens with zero attached hydrogens (tertiary/aromatic N) is 1. The molecule has 0 amide bonds. The number of hydrogen-bond donors (Lipinski definition) is 0. The first-order valence-electron chi connectivity index (χ1n) is 4.39. The van der Waals surface area contributed by atoms with Crippen LogP contribution in [0.3, 0.4) is 0 Å². The summed E-state index contributed by atoms with van der Waals surface area (Å²) in [7, 11) is 4.55. The third kappa shape index (κ3) is 1.82. The van der Waals surface area contributed by atoms with Gasteiger partial charge in [-0.05, 0) is 18.6 Å². The van der Waals surface area contributed by atoms with Crippen molar-refractivity contribution in [1.82, 2.24) is 0 Å². The minimum absolute atomic E-state index is 0.349. The number of aryl methyl sites for hydroxylation is 1. The quantitative estimate of drug-likeness (QED) is 0.757. The first-order chi connectivity index (χ1) is 7.19. The van der Waals surface area contributed by atoms with Gasteiger partial charge in [0.2, 0.25) is 0 Å². The van der Waals surface area contributed by atoms with Crippen LogP contribution in [-0.4, -0.2) is 21.3 Å². The number of ether oxygens (including phenoxy) is 3. The topological polar surface area (TPSA) is 51.5 Å². The molecule has 0 atom stereocenters. The Bertz CT molecular complexity index is 407. The van der Waals surface area contributed by atoms with Crippen LogP contribution in [0.2, 0.25) is 0 Å². The Morgan fingerprint density at radius 3 is 2.07 bits per heavy atom. The molecule has 80 valence electrons. The van der Waals surface area contributed by atoms with Gasteiger partial charge in [-0.2, -0.15) is 5.26 Å². The van der Waals surface area contributed by atoms with Crippen molar-refractivity contribution < 1.29 is 14.2 Å². The maximum absolute atomic E-state index is 9.01. The van der Waals surface area contributed by atoms with Gasteiger partial charge in [0.25, 0.3) is 0 Å². The first-order valence-corrected chi connectivity index (χ1v) is 4.39. The Hall–Kier alpha value is -1.89. The van der Waals surface area contributed by atoms with Gasteiger partial charge in [-0.15, -0.1) is 0 Å². The van der Waals surface area contributed by atoms with Gasteiger partial charge in [-0.25, -0.2) is 0 Å². The van der Waals surface area contributed by atoms with Crippen LogP contribution in [0.5, 0.6) is 17.2 Å². The van der Waals surface area contributed by atoms with Crippen LogP contribution in [0.15, 0.2) is 6.07 Å². The summed E-state index contributed by atoms with van der Waals surface area (Å²) in [6.45, 7) is 1.87. The van der Waals surface area contributed by atoms with Crippen molar-refractivity contribution >= 4 is 0 Å². The molecule has 1 aromatic carbocycles. The fraction of sp³-hybridized carbons (Fsp3) is 0.364. The van der Waals surface area contributed by atoms with Crippen molar-refractivity contribution in [3.05, 3.63) is 17.2 Å². The summed E-state index contributed by atoms with van der Waals surface area (Å²) < 4.78 is 15.4. The van der Waals surface area contributed by atoms with E-state index in [4.69, 9.17) is 19.5 Å². The molecule has 1 aromatic rings. The van der Waals surface area contributed by atoms with Crippen molar-refractivity contribution in [1.29, 1.82) is 5.26 Å². The highest BCUT2D eigenvalue weighted by atomic mass is 16.5. The highest BCUT2D eigenvalue weighted by Crippen LogP contribution is 2.39. The molecule has 0 heterocycles. The highest BCUT2D eigenvalue weighted by molar-refractivity contribution is 5.62. The average Bonchev–Trinajstić information content (AvgIpc) is 2.27. The first kappa shape index (κ1) is 11.2. The second kappa shape index (κ2) is 4.56. The maximum Gasteiger partial charge on any atom is 0.182 e. The molecule has 0 aliphatic rings. The number of hydrogen-bond acceptors (Lipinski definition) is 4. The second-order valence-corrected chi connectivity index (χ2v) is 2.95. The molecule has 0 bridgehead atoms. The Labute approximate surface area is 89.0 Å². The van der Waals surface area contributed by atoms with E-state index in [1.165, 1.54) is 14.2 Å². The van der Waals surface area contributed by atoms with E-state index in [2.05, 4.69) is 0 Å². The molecule has 0 saturated carbocycles. The molecule has 15 heavy (non-hydrogen) atoms. The minimum Gasteiger partial charge on any atom is -0.495 e. The lowest BCUT2D eigenvalue weighted by molar-refractivity contribution is 0.345. The zero-order valence-electron chi connectivity index (χ0n) is 9.25. The SMILES string of the molecule is COc1cc(C)c(OC)c(OC)c1[11C]#N. The molecule has 0 saturated heterocycles. The standard InChI is InChI=1S/C11H13NO3/c1-7-5-9(13-2)8(6-12)11(15-4)10(7)14-3/h5H,1-4H3/i6-1. The van der Waals surface area contributed by atoms with Crippen LogP contribution < -0.4 is 14.2 Å². The van der Waals surface area contributed by atoms with Crippen molar-refractivity contribution in [2.24, 2.45) is 0 Å². The van der Waals surface area contributed by atoms with Crippen LogP contribution in [0, 0.1) is 18.3 Å². The molecule has 1 rings (SSSR count). The molecule has 0 spiro atoms. The summed E-state index contributed by atoms with van der Waals surface area (Å²) in [5, 5.41) is 9.01. The van der Waals surface area contributed by atoms with Crippen molar-refractivity contribution in [3.63, 3.8) is 0 Å². The molecule has 0 aromatic heterocycles. The summed E-state index contributed by atoms with van der Waals surface area (Å²) in [6.07, 6.45) is 0. The molecule has 0 aliphatic carbocycles. The summed E-state index contributed by atoms with van der Waals surface area (Å²) in [4.78, 5) is 0. The summed E-state index contributed by atoms with van der Waals surface area (Å²) >= 11 is 0. The molecule has 4 heteroatoms. The fourth-order valence-corrected chi connectivity index (χ4v) is 1.45. The van der Waals surface area contributed by atoms with E-state index in [0.717, 1.165) is 5.56 Å². The van der Waals surface area contributed by atoms with Gasteiger partial charge in [-0.3, -0.25) is 0 Å². The molecule has 0 radical (unpaired) electrons. The Balaban J connectivity index is 3.53. The van der Waals surface area contributed by atoms with Crippen LogP contribution >= 0.6 is 0 Å². The van der Waals surface area contributed by atoms with E-state index in [1.807, 2.05) is 13.0 Å². The van der Waals surface area contributed by atoms with Gasteiger partial charge in [0.15, 0.2) is 11.5 Å². The second-order valence-electron chi connectivity index (χ2n) is 2.95. The van der Waals surface area contributed by atoms with Crippen LogP contribution in [0.25, 0.3) is 0 Å². The Kier molecular flexibility index (Phi) is 3.40. The van der Waals surface area contributed by atoms with Gasteiger partial charge in [0, 0.05) is 0 Å². The van der Waals surface area contributed by atoms with Gasteiger partial charge in [-0.1, -0.05) is 0 Å². The van der Waals surface area contributed by atoms with Crippen LogP contribution in [0.4, 0.5) is 0 Å². The highest BCUT2D eigenvalue weighted by Gasteiger charge is 2.18. The number of nitriles is 1. The van der Waals surface area contributed by atoms with E-state index in [9.17, 15) is 0 Å². The normalized spacial score (nSPS) is 9.27.